The molecule has 0 radical (unpaired) electrons. The summed E-state index contributed by atoms with van der Waals surface area (Å²) in [5, 5.41) is 12.2. The summed E-state index contributed by atoms with van der Waals surface area (Å²) in [6.45, 7) is 19.5. The van der Waals surface area contributed by atoms with Crippen molar-refractivity contribution >= 4 is 6.21 Å². The first-order chi connectivity index (χ1) is 20.3. The number of nitriles is 1. The molecule has 2 atom stereocenters. The Morgan fingerprint density at radius 2 is 1.84 bits per heavy atom. The van der Waals surface area contributed by atoms with Crippen LogP contribution in [0.25, 0.3) is 0 Å². The molecule has 1 N–H and O–H groups in total. The van der Waals surface area contributed by atoms with Gasteiger partial charge in [-0.25, -0.2) is 13.8 Å². The Bertz CT molecular complexity index is 1300. The van der Waals surface area contributed by atoms with Gasteiger partial charge >= 0.3 is 6.18 Å². The lowest BCUT2D eigenvalue weighted by atomic mass is 9.91. The summed E-state index contributed by atoms with van der Waals surface area (Å²) in [6, 6.07) is 1.79. The fraction of sp³-hybridized carbons (Fsp3) is 0.343. The van der Waals surface area contributed by atoms with Crippen LogP contribution in [-0.2, 0) is 0 Å². The zero-order valence-electron chi connectivity index (χ0n) is 25.7. The molecule has 0 aromatic heterocycles. The second-order valence-corrected chi connectivity index (χ2v) is 9.79. The Labute approximate surface area is 253 Å². The third-order valence-electron chi connectivity index (χ3n) is 6.19. The smallest absolute Gasteiger partial charge is 0.348 e. The minimum atomic E-state index is -4.50. The summed E-state index contributed by atoms with van der Waals surface area (Å²) in [4.78, 5) is 3.96. The van der Waals surface area contributed by atoms with E-state index in [0.717, 1.165) is 49.5 Å². The summed E-state index contributed by atoms with van der Waals surface area (Å²) < 4.78 is 66.2. The molecule has 0 heterocycles. The van der Waals surface area contributed by atoms with E-state index in [0.29, 0.717) is 23.4 Å². The van der Waals surface area contributed by atoms with Crippen LogP contribution >= 0.6 is 0 Å². The predicted octanol–water partition coefficient (Wildman–Crippen LogP) is 10.9. The van der Waals surface area contributed by atoms with Gasteiger partial charge in [0, 0.05) is 17.5 Å². The van der Waals surface area contributed by atoms with E-state index in [9.17, 15) is 22.0 Å². The van der Waals surface area contributed by atoms with Gasteiger partial charge in [-0.3, -0.25) is 0 Å². The predicted molar refractivity (Wildman–Crippen MR) is 169 cm³/mol. The number of halogens is 5. The number of unbranched alkanes of at least 4 members (excludes halogenated alkanes) is 1. The summed E-state index contributed by atoms with van der Waals surface area (Å²) in [6.07, 6.45) is 12.0. The molecule has 0 fully saturated rings. The second-order valence-electron chi connectivity index (χ2n) is 9.79. The third kappa shape index (κ3) is 15.6. The number of hydrogen-bond donors (Lipinski definition) is 1. The van der Waals surface area contributed by atoms with E-state index in [4.69, 9.17) is 5.26 Å². The molecule has 43 heavy (non-hydrogen) atoms. The number of nitrogens with zero attached hydrogens (tertiary/aromatic N) is 2. The summed E-state index contributed by atoms with van der Waals surface area (Å²) in [7, 11) is 0. The first-order valence-corrected chi connectivity index (χ1v) is 13.8. The van der Waals surface area contributed by atoms with Gasteiger partial charge in [-0.05, 0) is 62.8 Å². The van der Waals surface area contributed by atoms with Crippen molar-refractivity contribution < 1.29 is 22.0 Å². The average Bonchev–Trinajstić information content (AvgIpc) is 2.96. The SMILES string of the molecule is C=C=C(N/C(=C/C=C)C(=CC(C)C(F)(F)F)C(/C=N\C(=C)C#N)=C/C)/C(C)=C/C(CCCC)C/C(C)=C/C=C\C(F)=C\F. The van der Waals surface area contributed by atoms with Crippen LogP contribution in [0.1, 0.15) is 60.3 Å². The quantitative estimate of drug-likeness (QED) is 0.0594. The molecule has 8 heteroatoms. The number of rotatable bonds is 17. The van der Waals surface area contributed by atoms with Gasteiger partial charge in [0.1, 0.15) is 18.1 Å². The highest BCUT2D eigenvalue weighted by Gasteiger charge is 2.35. The van der Waals surface area contributed by atoms with Crippen molar-refractivity contribution in [3.05, 3.63) is 126 Å². The zero-order valence-corrected chi connectivity index (χ0v) is 25.7. The maximum Gasteiger partial charge on any atom is 0.394 e. The molecule has 0 aromatic carbocycles. The van der Waals surface area contributed by atoms with Gasteiger partial charge < -0.3 is 5.32 Å². The first-order valence-electron chi connectivity index (χ1n) is 13.8. The Kier molecular flexibility index (Phi) is 18.6. The number of aliphatic imine (C=N–C) groups is 1. The number of alkyl halides is 3. The van der Waals surface area contributed by atoms with E-state index in [1.54, 1.807) is 25.1 Å². The normalized spacial score (nSPS) is 15.7. The van der Waals surface area contributed by atoms with Crippen LogP contribution in [0.15, 0.2) is 131 Å². The van der Waals surface area contributed by atoms with E-state index in [1.807, 2.05) is 19.9 Å². The fourth-order valence-electron chi connectivity index (χ4n) is 3.87. The molecule has 0 amide bonds. The maximum atomic E-state index is 13.6. The standard InChI is InChI=1S/C35H42F5N3/c1-9-13-17-29(19-25(5)16-14-18-31(37)22-36)20-26(6)33(12-4)43-34(15-10-2)32(21-27(7)35(38,39)40)30(11-3)24-42-28(8)23-41/h10-11,14-16,18,20-22,24,27,29,43H,2,4,8-9,13,17,19H2,1,3,5-7H3/b18-14-,25-16+,26-20+,30-11+,31-22-,32-21?,34-15+,42-24-. The molecule has 0 saturated carbocycles. The molecule has 0 rings (SSSR count). The molecule has 0 aliphatic rings. The molecule has 0 aliphatic heterocycles. The van der Waals surface area contributed by atoms with Crippen molar-refractivity contribution in [3.8, 4) is 6.07 Å². The van der Waals surface area contributed by atoms with Crippen molar-refractivity contribution in [2.45, 2.75) is 66.5 Å². The van der Waals surface area contributed by atoms with Gasteiger partial charge in [0.05, 0.1) is 11.6 Å². The largest absolute Gasteiger partial charge is 0.394 e. The molecule has 0 saturated heterocycles. The number of nitrogens with one attached hydrogen (secondary N) is 1. The van der Waals surface area contributed by atoms with Crippen LogP contribution in [0.5, 0.6) is 0 Å². The summed E-state index contributed by atoms with van der Waals surface area (Å²) in [5.74, 6) is -2.69. The Morgan fingerprint density at radius 1 is 1.16 bits per heavy atom. The van der Waals surface area contributed by atoms with E-state index < -0.39 is 17.9 Å². The molecule has 0 aliphatic carbocycles. The van der Waals surface area contributed by atoms with Gasteiger partial charge in [-0.2, -0.15) is 18.4 Å². The molecular formula is C35H42F5N3. The molecule has 0 bridgehead atoms. The Balaban J connectivity index is 6.67. The van der Waals surface area contributed by atoms with Crippen molar-refractivity contribution in [1.29, 1.82) is 5.26 Å². The molecular weight excluding hydrogens is 557 g/mol. The minimum Gasteiger partial charge on any atom is -0.348 e. The highest BCUT2D eigenvalue weighted by molar-refractivity contribution is 5.87. The van der Waals surface area contributed by atoms with Crippen molar-refractivity contribution in [2.75, 3.05) is 0 Å². The minimum absolute atomic E-state index is 0.0821. The highest BCUT2D eigenvalue weighted by Crippen LogP contribution is 2.31. The first kappa shape index (κ1) is 38.8. The van der Waals surface area contributed by atoms with Crippen LogP contribution in [0, 0.1) is 23.2 Å². The fourth-order valence-corrected chi connectivity index (χ4v) is 3.87. The van der Waals surface area contributed by atoms with Gasteiger partial charge in [-0.15, -0.1) is 5.73 Å². The highest BCUT2D eigenvalue weighted by atomic mass is 19.4. The molecule has 2 unspecified atom stereocenters. The van der Waals surface area contributed by atoms with Crippen LogP contribution in [0.2, 0.25) is 0 Å². The summed E-state index contributed by atoms with van der Waals surface area (Å²) >= 11 is 0. The Morgan fingerprint density at radius 3 is 2.35 bits per heavy atom. The topological polar surface area (TPSA) is 48.2 Å². The van der Waals surface area contributed by atoms with Crippen LogP contribution in [0.4, 0.5) is 22.0 Å². The lowest BCUT2D eigenvalue weighted by Crippen LogP contribution is -2.21. The van der Waals surface area contributed by atoms with Gasteiger partial charge in [-0.1, -0.05) is 88.5 Å². The van der Waals surface area contributed by atoms with Crippen molar-refractivity contribution in [1.82, 2.24) is 5.32 Å². The molecule has 0 spiro atoms. The number of hydrogen-bond acceptors (Lipinski definition) is 3. The average molecular weight is 600 g/mol. The van der Waals surface area contributed by atoms with E-state index >= 15 is 0 Å². The third-order valence-corrected chi connectivity index (χ3v) is 6.19. The molecule has 3 nitrogen and oxygen atoms in total. The van der Waals surface area contributed by atoms with E-state index in [1.165, 1.54) is 24.4 Å². The van der Waals surface area contributed by atoms with Crippen molar-refractivity contribution in [2.24, 2.45) is 16.8 Å². The maximum absolute atomic E-state index is 13.6. The lowest BCUT2D eigenvalue weighted by molar-refractivity contribution is -0.156. The van der Waals surface area contributed by atoms with Gasteiger partial charge in [0.25, 0.3) is 0 Å². The van der Waals surface area contributed by atoms with E-state index in [2.05, 4.69) is 42.7 Å². The van der Waals surface area contributed by atoms with E-state index in [-0.39, 0.29) is 23.5 Å². The molecule has 232 valence electrons. The van der Waals surface area contributed by atoms with Crippen LogP contribution in [-0.4, -0.2) is 12.4 Å². The number of allylic oxidation sites excluding steroid dienone is 13. The second kappa shape index (κ2) is 20.6. The molecule has 0 aromatic rings. The van der Waals surface area contributed by atoms with Crippen molar-refractivity contribution in [3.63, 3.8) is 0 Å². The Hall–Kier alpha value is -4.21. The van der Waals surface area contributed by atoms with Crippen LogP contribution < -0.4 is 5.32 Å². The van der Waals surface area contributed by atoms with Crippen LogP contribution in [0.3, 0.4) is 0 Å². The monoisotopic (exact) mass is 599 g/mol. The summed E-state index contributed by atoms with van der Waals surface area (Å²) in [5.41, 5.74) is 5.73. The zero-order chi connectivity index (χ0) is 33.0. The lowest BCUT2D eigenvalue weighted by Gasteiger charge is -2.21. The van der Waals surface area contributed by atoms with Gasteiger partial charge in [0.15, 0.2) is 5.83 Å². The van der Waals surface area contributed by atoms with Gasteiger partial charge in [0.2, 0.25) is 0 Å².